The van der Waals surface area contributed by atoms with Gasteiger partial charge in [0.25, 0.3) is 5.91 Å². The fourth-order valence-electron chi connectivity index (χ4n) is 1.83. The highest BCUT2D eigenvalue weighted by Gasteiger charge is 2.31. The van der Waals surface area contributed by atoms with Gasteiger partial charge in [0.15, 0.2) is 5.78 Å². The van der Waals surface area contributed by atoms with Crippen molar-refractivity contribution in [3.63, 3.8) is 0 Å². The predicted molar refractivity (Wildman–Crippen MR) is 67.9 cm³/mol. The molecule has 0 unspecified atom stereocenters. The molecule has 1 rings (SSSR count). The van der Waals surface area contributed by atoms with Gasteiger partial charge in [-0.05, 0) is 18.9 Å². The molecule has 1 N–H and O–H groups in total. The van der Waals surface area contributed by atoms with Crippen molar-refractivity contribution < 1.29 is 14.4 Å². The average molecular weight is 252 g/mol. The van der Waals surface area contributed by atoms with Crippen LogP contribution < -0.4 is 5.32 Å². The lowest BCUT2D eigenvalue weighted by molar-refractivity contribution is -0.124. The quantitative estimate of drug-likeness (QED) is 0.824. The summed E-state index contributed by atoms with van der Waals surface area (Å²) in [5.74, 6) is -0.412. The topological polar surface area (TPSA) is 66.5 Å². The van der Waals surface area contributed by atoms with Crippen LogP contribution in [0.1, 0.15) is 34.1 Å². The molecular weight excluding hydrogens is 232 g/mol. The molecule has 0 saturated heterocycles. The van der Waals surface area contributed by atoms with Crippen LogP contribution in [0.4, 0.5) is 4.79 Å². The molecule has 0 atom stereocenters. The molecule has 1 aliphatic rings. The van der Waals surface area contributed by atoms with Crippen LogP contribution in [0, 0.1) is 5.92 Å². The lowest BCUT2D eigenvalue weighted by Crippen LogP contribution is -2.44. The van der Waals surface area contributed by atoms with Crippen molar-refractivity contribution >= 4 is 17.7 Å². The summed E-state index contributed by atoms with van der Waals surface area (Å²) in [7, 11) is 0. The molecule has 18 heavy (non-hydrogen) atoms. The van der Waals surface area contributed by atoms with Gasteiger partial charge in [-0.25, -0.2) is 4.79 Å². The molecule has 5 nitrogen and oxygen atoms in total. The van der Waals surface area contributed by atoms with Crippen LogP contribution >= 0.6 is 0 Å². The van der Waals surface area contributed by atoms with E-state index in [1.54, 1.807) is 13.8 Å². The Balaban J connectivity index is 2.56. The van der Waals surface area contributed by atoms with Crippen LogP contribution in [0.15, 0.2) is 11.1 Å². The molecule has 0 saturated carbocycles. The first-order valence-corrected chi connectivity index (χ1v) is 6.19. The SMILES string of the molecule is CCC1=C(C)CN(C(=O)NCC(=O)C(C)C)C1=O. The maximum absolute atomic E-state index is 11.9. The lowest BCUT2D eigenvalue weighted by Gasteiger charge is -2.16. The summed E-state index contributed by atoms with van der Waals surface area (Å²) in [5.41, 5.74) is 1.62. The van der Waals surface area contributed by atoms with Gasteiger partial charge in [-0.3, -0.25) is 14.5 Å². The number of hydrogen-bond donors (Lipinski definition) is 1. The van der Waals surface area contributed by atoms with Crippen molar-refractivity contribution in [3.8, 4) is 0 Å². The number of hydrogen-bond acceptors (Lipinski definition) is 3. The van der Waals surface area contributed by atoms with Gasteiger partial charge in [0.1, 0.15) is 0 Å². The van der Waals surface area contributed by atoms with Crippen LogP contribution in [0.2, 0.25) is 0 Å². The second-order valence-electron chi connectivity index (χ2n) is 4.78. The average Bonchev–Trinajstić information content (AvgIpc) is 2.60. The summed E-state index contributed by atoms with van der Waals surface area (Å²) in [4.78, 5) is 36.2. The van der Waals surface area contributed by atoms with Crippen molar-refractivity contribution in [1.29, 1.82) is 0 Å². The number of ketones is 1. The van der Waals surface area contributed by atoms with Crippen LogP contribution in [0.25, 0.3) is 0 Å². The van der Waals surface area contributed by atoms with E-state index in [9.17, 15) is 14.4 Å². The third-order valence-corrected chi connectivity index (χ3v) is 3.07. The van der Waals surface area contributed by atoms with Crippen LogP contribution in [0.3, 0.4) is 0 Å². The molecule has 0 aromatic carbocycles. The molecule has 5 heteroatoms. The number of rotatable bonds is 4. The number of Topliss-reactive ketones (excluding diaryl/α,β-unsaturated/α-hetero) is 1. The Labute approximate surface area is 107 Å². The van der Waals surface area contributed by atoms with E-state index >= 15 is 0 Å². The zero-order valence-electron chi connectivity index (χ0n) is 11.4. The van der Waals surface area contributed by atoms with Crippen molar-refractivity contribution in [1.82, 2.24) is 10.2 Å². The van der Waals surface area contributed by atoms with E-state index in [0.29, 0.717) is 18.5 Å². The number of imide groups is 1. The predicted octanol–water partition coefficient (Wildman–Crippen LogP) is 1.49. The Morgan fingerprint density at radius 1 is 1.39 bits per heavy atom. The maximum Gasteiger partial charge on any atom is 0.325 e. The Hall–Kier alpha value is -1.65. The van der Waals surface area contributed by atoms with Gasteiger partial charge in [-0.1, -0.05) is 20.8 Å². The van der Waals surface area contributed by atoms with Crippen LogP contribution in [-0.4, -0.2) is 35.7 Å². The molecule has 0 fully saturated rings. The number of urea groups is 1. The number of carbonyl (C=O) groups is 3. The van der Waals surface area contributed by atoms with E-state index in [-0.39, 0.29) is 24.2 Å². The zero-order chi connectivity index (χ0) is 13.9. The van der Waals surface area contributed by atoms with E-state index in [0.717, 1.165) is 10.5 Å². The minimum Gasteiger partial charge on any atom is -0.331 e. The minimum atomic E-state index is -0.489. The highest BCUT2D eigenvalue weighted by molar-refractivity contribution is 6.07. The summed E-state index contributed by atoms with van der Waals surface area (Å²) in [5, 5.41) is 2.49. The highest BCUT2D eigenvalue weighted by Crippen LogP contribution is 2.21. The molecule has 0 spiro atoms. The van der Waals surface area contributed by atoms with Gasteiger partial charge in [-0.2, -0.15) is 0 Å². The molecule has 0 aliphatic carbocycles. The van der Waals surface area contributed by atoms with Gasteiger partial charge in [0.2, 0.25) is 0 Å². The van der Waals surface area contributed by atoms with Gasteiger partial charge in [0, 0.05) is 11.5 Å². The van der Waals surface area contributed by atoms with E-state index < -0.39 is 6.03 Å². The first-order valence-electron chi connectivity index (χ1n) is 6.19. The second-order valence-corrected chi connectivity index (χ2v) is 4.78. The van der Waals surface area contributed by atoms with Gasteiger partial charge < -0.3 is 5.32 Å². The second kappa shape index (κ2) is 5.80. The Bertz CT molecular complexity index is 410. The molecule has 0 radical (unpaired) electrons. The largest absolute Gasteiger partial charge is 0.331 e. The summed E-state index contributed by atoms with van der Waals surface area (Å²) in [6, 6.07) is -0.489. The maximum atomic E-state index is 11.9. The van der Waals surface area contributed by atoms with Gasteiger partial charge >= 0.3 is 6.03 Å². The van der Waals surface area contributed by atoms with Crippen molar-refractivity contribution in [2.45, 2.75) is 34.1 Å². The molecule has 0 aromatic rings. The normalized spacial score (nSPS) is 15.6. The third kappa shape index (κ3) is 2.97. The summed E-state index contributed by atoms with van der Waals surface area (Å²) in [6.07, 6.45) is 0.624. The lowest BCUT2D eigenvalue weighted by atomic mass is 10.1. The molecule has 1 aliphatic heterocycles. The van der Waals surface area contributed by atoms with E-state index in [1.807, 2.05) is 13.8 Å². The third-order valence-electron chi connectivity index (χ3n) is 3.07. The molecule has 100 valence electrons. The van der Waals surface area contributed by atoms with E-state index in [1.165, 1.54) is 0 Å². The fourth-order valence-corrected chi connectivity index (χ4v) is 1.83. The first-order chi connectivity index (χ1) is 8.38. The molecule has 0 aromatic heterocycles. The molecule has 1 heterocycles. The molecule has 0 bridgehead atoms. The van der Waals surface area contributed by atoms with Crippen molar-refractivity contribution in [2.24, 2.45) is 5.92 Å². The summed E-state index contributed by atoms with van der Waals surface area (Å²) < 4.78 is 0. The first kappa shape index (κ1) is 14.4. The molecular formula is C13H20N2O3. The number of nitrogens with one attached hydrogen (secondary N) is 1. The smallest absolute Gasteiger partial charge is 0.325 e. The van der Waals surface area contributed by atoms with Crippen LogP contribution in [0.5, 0.6) is 0 Å². The standard InChI is InChI=1S/C13H20N2O3/c1-5-10-9(4)7-15(12(10)17)13(18)14-6-11(16)8(2)3/h8H,5-7H2,1-4H3,(H,14,18). The Morgan fingerprint density at radius 2 is 2.00 bits per heavy atom. The number of amides is 3. The van der Waals surface area contributed by atoms with E-state index in [2.05, 4.69) is 5.32 Å². The highest BCUT2D eigenvalue weighted by atomic mass is 16.2. The zero-order valence-corrected chi connectivity index (χ0v) is 11.4. The van der Waals surface area contributed by atoms with Crippen molar-refractivity contribution in [2.75, 3.05) is 13.1 Å². The fraction of sp³-hybridized carbons (Fsp3) is 0.615. The number of nitrogens with zero attached hydrogens (tertiary/aromatic N) is 1. The van der Waals surface area contributed by atoms with Crippen molar-refractivity contribution in [3.05, 3.63) is 11.1 Å². The monoisotopic (exact) mass is 252 g/mol. The minimum absolute atomic E-state index is 0.0270. The van der Waals surface area contributed by atoms with Gasteiger partial charge in [0.05, 0.1) is 13.1 Å². The summed E-state index contributed by atoms with van der Waals surface area (Å²) in [6.45, 7) is 7.58. The number of carbonyl (C=O) groups excluding carboxylic acids is 3. The molecule has 3 amide bonds. The Kier molecular flexibility index (Phi) is 4.64. The van der Waals surface area contributed by atoms with E-state index in [4.69, 9.17) is 0 Å². The van der Waals surface area contributed by atoms with Crippen LogP contribution in [-0.2, 0) is 9.59 Å². The van der Waals surface area contributed by atoms with Gasteiger partial charge in [-0.15, -0.1) is 0 Å². The summed E-state index contributed by atoms with van der Waals surface area (Å²) >= 11 is 0. The Morgan fingerprint density at radius 3 is 2.44 bits per heavy atom.